The van der Waals surface area contributed by atoms with Gasteiger partial charge in [-0.1, -0.05) is 336 Å². The van der Waals surface area contributed by atoms with Crippen LogP contribution in [0.15, 0.2) is 97.2 Å². The molecule has 2 atom stereocenters. The van der Waals surface area contributed by atoms with Gasteiger partial charge in [0.25, 0.3) is 7.82 Å². The maximum atomic E-state index is 12.9. The number of quaternary nitrogens is 1. The van der Waals surface area contributed by atoms with Crippen molar-refractivity contribution in [3.8, 4) is 0 Å². The number of likely N-dealkylation sites (N-methyl/N-ethyl adjacent to an activating group) is 1. The number of carbonyl (C=O) groups is 2. The maximum Gasteiger partial charge on any atom is 0.306 e. The standard InChI is InChI=1S/C80H144NO8P/c1-6-8-10-12-14-16-18-20-22-24-26-28-30-32-34-36-38-40-42-44-46-48-50-52-54-56-58-60-62-64-66-68-70-72-79(82)86-76-78(77-88-90(84,85)87-75-74-81(3,4)5)89-80(83)73-71-69-67-65-63-61-59-57-55-53-51-49-47-45-43-41-39-37-35-33-31-29-27-25-23-21-19-17-15-13-11-9-7-2/h9,11,15,17-18,20-21,23-24,26-27,29-30,32-33,35,78H,6-8,10,12-14,16,19,22,25,28,31,34,36-77H2,1-5H3/b11-9-,17-15-,20-18-,23-21-,26-24-,29-27-,32-30-,35-33-. The molecule has 0 aliphatic carbocycles. The summed E-state index contributed by atoms with van der Waals surface area (Å²) in [5.41, 5.74) is 0. The number of hydrogen-bond donors (Lipinski definition) is 0. The topological polar surface area (TPSA) is 111 Å². The normalized spacial score (nSPS) is 13.6. The predicted molar refractivity (Wildman–Crippen MR) is 388 cm³/mol. The Labute approximate surface area is 557 Å². The van der Waals surface area contributed by atoms with Crippen LogP contribution in [0.3, 0.4) is 0 Å². The Balaban J connectivity index is 3.98. The molecule has 0 saturated heterocycles. The monoisotopic (exact) mass is 1280 g/mol. The summed E-state index contributed by atoms with van der Waals surface area (Å²) in [6.07, 6.45) is 97.9. The van der Waals surface area contributed by atoms with Crippen molar-refractivity contribution in [2.45, 2.75) is 354 Å². The Morgan fingerprint density at radius 1 is 0.356 bits per heavy atom. The van der Waals surface area contributed by atoms with E-state index in [1.807, 2.05) is 21.1 Å². The van der Waals surface area contributed by atoms with Crippen molar-refractivity contribution in [2.75, 3.05) is 47.5 Å². The molecule has 522 valence electrons. The quantitative estimate of drug-likeness (QED) is 0.0195. The molecule has 2 unspecified atom stereocenters. The van der Waals surface area contributed by atoms with E-state index in [9.17, 15) is 19.0 Å². The van der Waals surface area contributed by atoms with Gasteiger partial charge in [-0.15, -0.1) is 0 Å². The molecule has 0 saturated carbocycles. The summed E-state index contributed by atoms with van der Waals surface area (Å²) in [7, 11) is 1.17. The van der Waals surface area contributed by atoms with Gasteiger partial charge in [-0.2, -0.15) is 0 Å². The number of carbonyl (C=O) groups excluding carboxylic acids is 2. The highest BCUT2D eigenvalue weighted by atomic mass is 31.2. The first-order valence-corrected chi connectivity index (χ1v) is 39.4. The lowest BCUT2D eigenvalue weighted by molar-refractivity contribution is -0.870. The number of phosphoric ester groups is 1. The third-order valence-electron chi connectivity index (χ3n) is 16.6. The lowest BCUT2D eigenvalue weighted by atomic mass is 10.0. The van der Waals surface area contributed by atoms with Gasteiger partial charge >= 0.3 is 11.9 Å². The molecule has 0 aromatic heterocycles. The van der Waals surface area contributed by atoms with Crippen LogP contribution < -0.4 is 4.89 Å². The van der Waals surface area contributed by atoms with Crippen molar-refractivity contribution in [1.82, 2.24) is 0 Å². The number of nitrogens with zero attached hydrogens (tertiary/aromatic N) is 1. The van der Waals surface area contributed by atoms with Crippen molar-refractivity contribution < 1.29 is 42.1 Å². The van der Waals surface area contributed by atoms with Gasteiger partial charge in [0.05, 0.1) is 27.7 Å². The minimum Gasteiger partial charge on any atom is -0.756 e. The highest BCUT2D eigenvalue weighted by molar-refractivity contribution is 7.45. The molecule has 0 bridgehead atoms. The first-order valence-electron chi connectivity index (χ1n) is 37.9. The fraction of sp³-hybridized carbons (Fsp3) is 0.775. The first-order chi connectivity index (χ1) is 44.0. The van der Waals surface area contributed by atoms with Crippen LogP contribution in [0.2, 0.25) is 0 Å². The van der Waals surface area contributed by atoms with Crippen LogP contribution >= 0.6 is 7.82 Å². The van der Waals surface area contributed by atoms with Gasteiger partial charge in [-0.3, -0.25) is 14.2 Å². The van der Waals surface area contributed by atoms with E-state index in [0.29, 0.717) is 17.4 Å². The molecule has 0 heterocycles. The van der Waals surface area contributed by atoms with Crippen molar-refractivity contribution in [3.63, 3.8) is 0 Å². The average Bonchev–Trinajstić information content (AvgIpc) is 3.58. The number of allylic oxidation sites excluding steroid dienone is 16. The molecule has 10 heteroatoms. The Morgan fingerprint density at radius 3 is 0.944 bits per heavy atom. The summed E-state index contributed by atoms with van der Waals surface area (Å²) in [4.78, 5) is 38.1. The van der Waals surface area contributed by atoms with Gasteiger partial charge in [-0.25, -0.2) is 0 Å². The molecular formula is C80H144NO8P. The van der Waals surface area contributed by atoms with Crippen LogP contribution in [0, 0.1) is 0 Å². The fourth-order valence-electron chi connectivity index (χ4n) is 10.8. The van der Waals surface area contributed by atoms with Crippen LogP contribution in [0.25, 0.3) is 0 Å². The second-order valence-electron chi connectivity index (χ2n) is 26.6. The van der Waals surface area contributed by atoms with Gasteiger partial charge in [-0.05, 0) is 96.3 Å². The Bertz CT molecular complexity index is 1840. The molecule has 9 nitrogen and oxygen atoms in total. The summed E-state index contributed by atoms with van der Waals surface area (Å²) < 4.78 is 34.4. The van der Waals surface area contributed by atoms with E-state index >= 15 is 0 Å². The lowest BCUT2D eigenvalue weighted by Gasteiger charge is -2.28. The zero-order valence-corrected chi connectivity index (χ0v) is 60.5. The molecule has 0 fully saturated rings. The molecule has 0 aromatic carbocycles. The average molecular weight is 1280 g/mol. The number of unbranched alkanes of at least 4 members (excludes halogenated alkanes) is 40. The Kier molecular flexibility index (Phi) is 67.9. The Morgan fingerprint density at radius 2 is 0.633 bits per heavy atom. The molecule has 0 amide bonds. The minimum atomic E-state index is -4.65. The van der Waals surface area contributed by atoms with E-state index in [1.54, 1.807) is 0 Å². The van der Waals surface area contributed by atoms with Crippen LogP contribution in [-0.2, 0) is 32.7 Å². The summed E-state index contributed by atoms with van der Waals surface area (Å²) in [6.45, 7) is 4.16. The molecule has 0 N–H and O–H groups in total. The second-order valence-corrected chi connectivity index (χ2v) is 28.0. The molecule has 0 aliphatic rings. The minimum absolute atomic E-state index is 0.0317. The molecule has 0 aliphatic heterocycles. The third kappa shape index (κ3) is 74.0. The van der Waals surface area contributed by atoms with Crippen molar-refractivity contribution in [3.05, 3.63) is 97.2 Å². The summed E-state index contributed by atoms with van der Waals surface area (Å²) in [6, 6.07) is 0. The van der Waals surface area contributed by atoms with Crippen LogP contribution in [-0.4, -0.2) is 70.0 Å². The van der Waals surface area contributed by atoms with Crippen molar-refractivity contribution in [2.24, 2.45) is 0 Å². The zero-order valence-electron chi connectivity index (χ0n) is 59.6. The molecule has 0 aromatic rings. The highest BCUT2D eigenvalue weighted by Crippen LogP contribution is 2.38. The number of rotatable bonds is 70. The summed E-state index contributed by atoms with van der Waals surface area (Å²) in [5.74, 6) is -0.820. The van der Waals surface area contributed by atoms with E-state index < -0.39 is 26.5 Å². The maximum absolute atomic E-state index is 12.9. The summed E-state index contributed by atoms with van der Waals surface area (Å²) in [5, 5.41) is 0. The first kappa shape index (κ1) is 86.9. The van der Waals surface area contributed by atoms with Crippen LogP contribution in [0.4, 0.5) is 0 Å². The van der Waals surface area contributed by atoms with Crippen molar-refractivity contribution >= 4 is 19.8 Å². The van der Waals surface area contributed by atoms with E-state index in [1.165, 1.54) is 231 Å². The third-order valence-corrected chi connectivity index (χ3v) is 17.6. The predicted octanol–water partition coefficient (Wildman–Crippen LogP) is 24.4. The van der Waals surface area contributed by atoms with E-state index in [0.717, 1.165) is 83.5 Å². The number of esters is 2. The number of ether oxygens (including phenoxy) is 2. The van der Waals surface area contributed by atoms with Gasteiger partial charge in [0, 0.05) is 12.8 Å². The molecule has 0 rings (SSSR count). The van der Waals surface area contributed by atoms with Crippen LogP contribution in [0.5, 0.6) is 0 Å². The number of phosphoric acid groups is 1. The fourth-order valence-corrected chi connectivity index (χ4v) is 11.5. The van der Waals surface area contributed by atoms with Gasteiger partial charge in [0.15, 0.2) is 6.10 Å². The largest absolute Gasteiger partial charge is 0.756 e. The zero-order chi connectivity index (χ0) is 65.5. The van der Waals surface area contributed by atoms with Gasteiger partial charge in [0.2, 0.25) is 0 Å². The molecule has 90 heavy (non-hydrogen) atoms. The van der Waals surface area contributed by atoms with Crippen molar-refractivity contribution in [1.29, 1.82) is 0 Å². The Hall–Kier alpha value is -3.07. The SMILES string of the molecule is CC/C=C\C/C=C\C/C=C\C/C=C\C/C=C\CCCCCCCCCCCCCCCCCCCC(=O)OC(COC(=O)CCCCCCCCCCCCCCCCCCCC/C=C\C/C=C\C/C=C\CCCCCCC)COP(=O)([O-])OCC[N+](C)(C)C. The van der Waals surface area contributed by atoms with Crippen LogP contribution in [0.1, 0.15) is 348 Å². The van der Waals surface area contributed by atoms with Gasteiger partial charge < -0.3 is 27.9 Å². The second kappa shape index (κ2) is 70.3. The van der Waals surface area contributed by atoms with Gasteiger partial charge in [0.1, 0.15) is 19.8 Å². The molecular weight excluding hydrogens is 1130 g/mol. The van der Waals surface area contributed by atoms with E-state index in [2.05, 4.69) is 111 Å². The highest BCUT2D eigenvalue weighted by Gasteiger charge is 2.22. The number of hydrogen-bond acceptors (Lipinski definition) is 8. The molecule has 0 radical (unpaired) electrons. The molecule has 0 spiro atoms. The summed E-state index contributed by atoms with van der Waals surface area (Å²) >= 11 is 0. The van der Waals surface area contributed by atoms with E-state index in [4.69, 9.17) is 18.5 Å². The lowest BCUT2D eigenvalue weighted by Crippen LogP contribution is -2.37. The smallest absolute Gasteiger partial charge is 0.306 e. The van der Waals surface area contributed by atoms with E-state index in [-0.39, 0.29) is 32.0 Å².